The third-order valence-electron chi connectivity index (χ3n) is 4.20. The Balaban J connectivity index is 2.33. The molecule has 0 radical (unpaired) electrons. The molecule has 124 valence electrons. The maximum absolute atomic E-state index is 11.9. The zero-order valence-corrected chi connectivity index (χ0v) is 14.8. The molecular weight excluding hydrogens is 345 g/mol. The first-order valence-electron chi connectivity index (χ1n) is 7.85. The van der Waals surface area contributed by atoms with Gasteiger partial charge in [-0.2, -0.15) is 0 Å². The molecule has 0 unspecified atom stereocenters. The van der Waals surface area contributed by atoms with E-state index in [1.165, 1.54) is 0 Å². The number of carbonyl (C=O) groups is 2. The molecule has 0 aliphatic carbocycles. The Kier molecular flexibility index (Phi) is 4.93. The van der Waals surface area contributed by atoms with Gasteiger partial charge in [-0.3, -0.25) is 9.59 Å². The molecule has 0 aliphatic heterocycles. The summed E-state index contributed by atoms with van der Waals surface area (Å²) < 4.78 is 2.22. The lowest BCUT2D eigenvalue weighted by Gasteiger charge is -2.05. The number of halogens is 2. The number of benzene rings is 2. The van der Waals surface area contributed by atoms with E-state index in [9.17, 15) is 9.59 Å². The zero-order chi connectivity index (χ0) is 17.3. The van der Waals surface area contributed by atoms with E-state index in [2.05, 4.69) is 11.5 Å². The van der Waals surface area contributed by atoms with Gasteiger partial charge in [0.25, 0.3) is 0 Å². The molecule has 0 bridgehead atoms. The molecule has 2 aromatic carbocycles. The SMILES string of the molecule is CCCn1c2ccc(C(=O)CCl)cc2c2cc(C(=O)CCl)ccc21. The molecule has 3 rings (SSSR count). The fourth-order valence-corrected chi connectivity index (χ4v) is 3.38. The summed E-state index contributed by atoms with van der Waals surface area (Å²) in [6.07, 6.45) is 0.990. The molecule has 1 aromatic heterocycles. The first-order valence-corrected chi connectivity index (χ1v) is 8.92. The van der Waals surface area contributed by atoms with Gasteiger partial charge in [0.1, 0.15) is 0 Å². The van der Waals surface area contributed by atoms with Crippen LogP contribution in [-0.4, -0.2) is 27.9 Å². The highest BCUT2D eigenvalue weighted by molar-refractivity contribution is 6.31. The molecule has 0 saturated carbocycles. The van der Waals surface area contributed by atoms with Gasteiger partial charge < -0.3 is 4.57 Å². The van der Waals surface area contributed by atoms with E-state index < -0.39 is 0 Å². The largest absolute Gasteiger partial charge is 0.340 e. The van der Waals surface area contributed by atoms with Gasteiger partial charge in [-0.05, 0) is 42.8 Å². The quantitative estimate of drug-likeness (QED) is 0.455. The average molecular weight is 362 g/mol. The van der Waals surface area contributed by atoms with E-state index in [4.69, 9.17) is 23.2 Å². The average Bonchev–Trinajstić information content (AvgIpc) is 2.93. The first kappa shape index (κ1) is 17.0. The minimum atomic E-state index is -0.108. The molecule has 0 N–H and O–H groups in total. The highest BCUT2D eigenvalue weighted by atomic mass is 35.5. The van der Waals surface area contributed by atoms with Crippen LogP contribution in [0.5, 0.6) is 0 Å². The van der Waals surface area contributed by atoms with Gasteiger partial charge in [-0.25, -0.2) is 0 Å². The zero-order valence-electron chi connectivity index (χ0n) is 13.3. The van der Waals surface area contributed by atoms with Crippen molar-refractivity contribution < 1.29 is 9.59 Å². The Labute approximate surface area is 150 Å². The van der Waals surface area contributed by atoms with E-state index in [0.717, 1.165) is 34.8 Å². The molecule has 24 heavy (non-hydrogen) atoms. The van der Waals surface area contributed by atoms with Gasteiger partial charge in [0.2, 0.25) is 0 Å². The number of Topliss-reactive ketones (excluding diaryl/α,β-unsaturated/α-hetero) is 2. The van der Waals surface area contributed by atoms with Gasteiger partial charge in [0, 0.05) is 39.5 Å². The first-order chi connectivity index (χ1) is 11.6. The van der Waals surface area contributed by atoms with Crippen molar-refractivity contribution in [2.45, 2.75) is 19.9 Å². The van der Waals surface area contributed by atoms with Gasteiger partial charge >= 0.3 is 0 Å². The van der Waals surface area contributed by atoms with Crippen LogP contribution in [0.25, 0.3) is 21.8 Å². The van der Waals surface area contributed by atoms with Gasteiger partial charge in [0.15, 0.2) is 11.6 Å². The highest BCUT2D eigenvalue weighted by Crippen LogP contribution is 2.31. The molecule has 0 saturated heterocycles. The van der Waals surface area contributed by atoms with E-state index >= 15 is 0 Å². The minimum Gasteiger partial charge on any atom is -0.340 e. The lowest BCUT2D eigenvalue weighted by atomic mass is 10.0. The van der Waals surface area contributed by atoms with Crippen molar-refractivity contribution in [2.24, 2.45) is 0 Å². The molecule has 0 fully saturated rings. The molecule has 0 spiro atoms. The Hall–Kier alpha value is -1.84. The van der Waals surface area contributed by atoms with Crippen molar-refractivity contribution >= 4 is 56.6 Å². The van der Waals surface area contributed by atoms with Crippen LogP contribution in [0.1, 0.15) is 34.1 Å². The molecule has 0 aliphatic rings. The van der Waals surface area contributed by atoms with E-state index in [-0.39, 0.29) is 23.3 Å². The van der Waals surface area contributed by atoms with Crippen LogP contribution >= 0.6 is 23.2 Å². The highest BCUT2D eigenvalue weighted by Gasteiger charge is 2.15. The molecule has 1 heterocycles. The number of aromatic nitrogens is 1. The van der Waals surface area contributed by atoms with Crippen molar-refractivity contribution in [1.82, 2.24) is 4.57 Å². The standard InChI is InChI=1S/C19H17Cl2NO2/c1-2-7-22-16-5-3-12(18(23)10-20)8-14(16)15-9-13(19(24)11-21)4-6-17(15)22/h3-6,8-9H,2,7,10-11H2,1H3. The van der Waals surface area contributed by atoms with Crippen LogP contribution in [0.15, 0.2) is 36.4 Å². The van der Waals surface area contributed by atoms with Crippen LogP contribution in [0.3, 0.4) is 0 Å². The second-order valence-corrected chi connectivity index (χ2v) is 6.26. The fourth-order valence-electron chi connectivity index (χ4n) is 3.07. The molecular formula is C19H17Cl2NO2. The summed E-state index contributed by atoms with van der Waals surface area (Å²) in [6.45, 7) is 2.99. The number of carbonyl (C=O) groups excluding carboxylic acids is 2. The molecule has 0 atom stereocenters. The monoisotopic (exact) mass is 361 g/mol. The summed E-state index contributed by atoms with van der Waals surface area (Å²) in [5.41, 5.74) is 3.27. The van der Waals surface area contributed by atoms with Gasteiger partial charge in [0.05, 0.1) is 11.8 Å². The summed E-state index contributed by atoms with van der Waals surface area (Å²) >= 11 is 11.4. The van der Waals surface area contributed by atoms with E-state index in [0.29, 0.717) is 11.1 Å². The van der Waals surface area contributed by atoms with Gasteiger partial charge in [-0.15, -0.1) is 23.2 Å². The molecule has 3 aromatic rings. The number of hydrogen-bond donors (Lipinski definition) is 0. The predicted molar refractivity (Wildman–Crippen MR) is 99.8 cm³/mol. The maximum atomic E-state index is 11.9. The van der Waals surface area contributed by atoms with Crippen LogP contribution < -0.4 is 0 Å². The van der Waals surface area contributed by atoms with Crippen molar-refractivity contribution in [3.63, 3.8) is 0 Å². The number of hydrogen-bond acceptors (Lipinski definition) is 2. The number of ketones is 2. The van der Waals surface area contributed by atoms with Crippen LogP contribution in [0.2, 0.25) is 0 Å². The van der Waals surface area contributed by atoms with Crippen molar-refractivity contribution in [3.05, 3.63) is 47.5 Å². The van der Waals surface area contributed by atoms with E-state index in [1.54, 1.807) is 0 Å². The summed E-state index contributed by atoms with van der Waals surface area (Å²) in [5, 5.41) is 1.91. The summed E-state index contributed by atoms with van der Waals surface area (Å²) in [5.74, 6) is -0.310. The predicted octanol–water partition coefficient (Wildman–Crippen LogP) is 5.05. The number of alkyl halides is 2. The van der Waals surface area contributed by atoms with Crippen molar-refractivity contribution in [2.75, 3.05) is 11.8 Å². The third-order valence-corrected chi connectivity index (χ3v) is 4.68. The summed E-state index contributed by atoms with van der Waals surface area (Å²) in [4.78, 5) is 23.9. The maximum Gasteiger partial charge on any atom is 0.177 e. The molecule has 3 nitrogen and oxygen atoms in total. The minimum absolute atomic E-state index is 0.0465. The lowest BCUT2D eigenvalue weighted by molar-refractivity contribution is 0.101. The number of nitrogens with zero attached hydrogens (tertiary/aromatic N) is 1. The fraction of sp³-hybridized carbons (Fsp3) is 0.263. The van der Waals surface area contributed by atoms with Crippen LogP contribution in [-0.2, 0) is 6.54 Å². The third kappa shape index (κ3) is 2.83. The van der Waals surface area contributed by atoms with Gasteiger partial charge in [-0.1, -0.05) is 6.92 Å². The molecule has 0 amide bonds. The normalized spacial score (nSPS) is 11.3. The van der Waals surface area contributed by atoms with Crippen LogP contribution in [0, 0.1) is 0 Å². The Morgan fingerprint density at radius 2 is 1.33 bits per heavy atom. The van der Waals surface area contributed by atoms with Crippen molar-refractivity contribution in [1.29, 1.82) is 0 Å². The summed E-state index contributed by atoms with van der Waals surface area (Å²) in [7, 11) is 0. The van der Waals surface area contributed by atoms with E-state index in [1.807, 2.05) is 36.4 Å². The molecule has 5 heteroatoms. The second kappa shape index (κ2) is 6.96. The lowest BCUT2D eigenvalue weighted by Crippen LogP contribution is -2.00. The second-order valence-electron chi connectivity index (χ2n) is 5.73. The Morgan fingerprint density at radius 1 is 0.875 bits per heavy atom. The van der Waals surface area contributed by atoms with Crippen molar-refractivity contribution in [3.8, 4) is 0 Å². The van der Waals surface area contributed by atoms with Crippen LogP contribution in [0.4, 0.5) is 0 Å². The Bertz CT molecular complexity index is 870. The Morgan fingerprint density at radius 3 is 1.71 bits per heavy atom. The number of rotatable bonds is 6. The topological polar surface area (TPSA) is 39.1 Å². The number of aryl methyl sites for hydroxylation is 1. The summed E-state index contributed by atoms with van der Waals surface area (Å²) in [6, 6.07) is 11.3. The number of fused-ring (bicyclic) bond motifs is 3. The smallest absolute Gasteiger partial charge is 0.177 e.